The van der Waals surface area contributed by atoms with Gasteiger partial charge in [0.05, 0.1) is 24.0 Å². The van der Waals surface area contributed by atoms with Gasteiger partial charge in [0.1, 0.15) is 5.69 Å². The minimum atomic E-state index is -1.02. The first-order chi connectivity index (χ1) is 9.27. The predicted molar refractivity (Wildman–Crippen MR) is 69.7 cm³/mol. The van der Waals surface area contributed by atoms with Gasteiger partial charge in [-0.3, -0.25) is 14.9 Å². The van der Waals surface area contributed by atoms with Crippen molar-refractivity contribution < 1.29 is 24.0 Å². The number of halogens is 1. The zero-order valence-electron chi connectivity index (χ0n) is 11.3. The van der Waals surface area contributed by atoms with Crippen LogP contribution >= 0.6 is 0 Å². The molecule has 0 amide bonds. The van der Waals surface area contributed by atoms with E-state index in [0.29, 0.717) is 0 Å². The van der Waals surface area contributed by atoms with Gasteiger partial charge in [-0.1, -0.05) is 6.92 Å². The van der Waals surface area contributed by atoms with E-state index in [4.69, 9.17) is 9.84 Å². The largest absolute Gasteiger partial charge is 0.494 e. The lowest BCUT2D eigenvalue weighted by atomic mass is 10.1. The van der Waals surface area contributed by atoms with Crippen LogP contribution in [0.3, 0.4) is 0 Å². The molecule has 0 aromatic heterocycles. The molecule has 1 rings (SSSR count). The molecular weight excluding hydrogens is 271 g/mol. The standard InChI is InChI=1S/C12H15FN2O5/c1-7(12(16)17)6-14(2)9-5-11(20-3)8(13)4-10(9)15(18)19/h4-5,7H,6H2,1-3H3,(H,16,17). The molecule has 0 saturated heterocycles. The van der Waals surface area contributed by atoms with Crippen molar-refractivity contribution in [1.29, 1.82) is 0 Å². The van der Waals surface area contributed by atoms with Crippen LogP contribution in [-0.2, 0) is 4.79 Å². The van der Waals surface area contributed by atoms with Crippen LogP contribution in [0.1, 0.15) is 6.92 Å². The second-order valence-electron chi connectivity index (χ2n) is 4.35. The maximum atomic E-state index is 13.5. The Balaban J connectivity index is 3.20. The summed E-state index contributed by atoms with van der Waals surface area (Å²) in [7, 11) is 2.74. The Kier molecular flexibility index (Phi) is 4.84. The van der Waals surface area contributed by atoms with Crippen LogP contribution in [0.5, 0.6) is 5.75 Å². The van der Waals surface area contributed by atoms with Crippen molar-refractivity contribution in [2.75, 3.05) is 25.6 Å². The first-order valence-electron chi connectivity index (χ1n) is 5.73. The molecule has 0 bridgehead atoms. The summed E-state index contributed by atoms with van der Waals surface area (Å²) >= 11 is 0. The lowest BCUT2D eigenvalue weighted by Crippen LogP contribution is -2.29. The van der Waals surface area contributed by atoms with E-state index in [1.54, 1.807) is 0 Å². The van der Waals surface area contributed by atoms with Crippen LogP contribution in [0.4, 0.5) is 15.8 Å². The van der Waals surface area contributed by atoms with Crippen molar-refractivity contribution >= 4 is 17.3 Å². The number of carboxylic acid groups (broad SMARTS) is 1. The molecule has 110 valence electrons. The number of hydrogen-bond acceptors (Lipinski definition) is 5. The Labute approximate surface area is 114 Å². The summed E-state index contributed by atoms with van der Waals surface area (Å²) in [5.41, 5.74) is -0.343. The highest BCUT2D eigenvalue weighted by Crippen LogP contribution is 2.34. The number of aliphatic carboxylic acids is 1. The Bertz CT molecular complexity index is 535. The number of hydrogen-bond donors (Lipinski definition) is 1. The topological polar surface area (TPSA) is 92.9 Å². The molecule has 0 spiro atoms. The number of methoxy groups -OCH3 is 1. The number of anilines is 1. The van der Waals surface area contributed by atoms with Crippen LogP contribution < -0.4 is 9.64 Å². The molecule has 1 unspecified atom stereocenters. The van der Waals surface area contributed by atoms with Gasteiger partial charge in [-0.15, -0.1) is 0 Å². The van der Waals surface area contributed by atoms with E-state index >= 15 is 0 Å². The second-order valence-corrected chi connectivity index (χ2v) is 4.35. The van der Waals surface area contributed by atoms with E-state index < -0.39 is 28.3 Å². The molecule has 1 aromatic carbocycles. The summed E-state index contributed by atoms with van der Waals surface area (Å²) in [5.74, 6) is -2.73. The number of nitrogens with zero attached hydrogens (tertiary/aromatic N) is 2. The molecule has 1 N–H and O–H groups in total. The third-order valence-electron chi connectivity index (χ3n) is 2.83. The quantitative estimate of drug-likeness (QED) is 0.634. The molecule has 0 fully saturated rings. The van der Waals surface area contributed by atoms with Gasteiger partial charge < -0.3 is 14.7 Å². The molecule has 7 nitrogen and oxygen atoms in total. The van der Waals surface area contributed by atoms with Crippen molar-refractivity contribution in [2.24, 2.45) is 5.92 Å². The maximum absolute atomic E-state index is 13.5. The van der Waals surface area contributed by atoms with Gasteiger partial charge in [-0.2, -0.15) is 0 Å². The summed E-state index contributed by atoms with van der Waals surface area (Å²) in [6, 6.07) is 1.94. The Morgan fingerprint density at radius 2 is 2.20 bits per heavy atom. The van der Waals surface area contributed by atoms with Crippen molar-refractivity contribution in [3.8, 4) is 5.75 Å². The zero-order chi connectivity index (χ0) is 15.4. The summed E-state index contributed by atoms with van der Waals surface area (Å²) in [6.45, 7) is 1.52. The average molecular weight is 286 g/mol. The van der Waals surface area contributed by atoms with Crippen LogP contribution in [0.25, 0.3) is 0 Å². The third-order valence-corrected chi connectivity index (χ3v) is 2.83. The third kappa shape index (κ3) is 3.34. The second kappa shape index (κ2) is 6.18. The number of benzene rings is 1. The number of carbonyl (C=O) groups is 1. The monoisotopic (exact) mass is 286 g/mol. The van der Waals surface area contributed by atoms with Gasteiger partial charge >= 0.3 is 5.97 Å². The van der Waals surface area contributed by atoms with Crippen molar-refractivity contribution in [1.82, 2.24) is 0 Å². The van der Waals surface area contributed by atoms with E-state index in [1.807, 2.05) is 0 Å². The fourth-order valence-electron chi connectivity index (χ4n) is 1.73. The van der Waals surface area contributed by atoms with E-state index in [1.165, 1.54) is 32.0 Å². The molecule has 0 radical (unpaired) electrons. The van der Waals surface area contributed by atoms with Crippen molar-refractivity contribution in [3.63, 3.8) is 0 Å². The molecule has 0 saturated carbocycles. The van der Waals surface area contributed by atoms with E-state index in [-0.39, 0.29) is 18.0 Å². The van der Waals surface area contributed by atoms with E-state index in [9.17, 15) is 19.3 Å². The highest BCUT2D eigenvalue weighted by Gasteiger charge is 2.24. The first kappa shape index (κ1) is 15.7. The van der Waals surface area contributed by atoms with Gasteiger partial charge in [-0.25, -0.2) is 4.39 Å². The minimum Gasteiger partial charge on any atom is -0.494 e. The SMILES string of the molecule is COc1cc(N(C)CC(C)C(=O)O)c([N+](=O)[O-])cc1F. The molecule has 0 heterocycles. The van der Waals surface area contributed by atoms with E-state index in [0.717, 1.165) is 6.07 Å². The normalized spacial score (nSPS) is 11.8. The molecule has 1 aromatic rings. The van der Waals surface area contributed by atoms with Gasteiger partial charge in [0, 0.05) is 19.7 Å². The number of ether oxygens (including phenoxy) is 1. The van der Waals surface area contributed by atoms with Crippen LogP contribution in [0.2, 0.25) is 0 Å². The Morgan fingerprint density at radius 1 is 1.60 bits per heavy atom. The number of rotatable bonds is 6. The molecule has 20 heavy (non-hydrogen) atoms. The van der Waals surface area contributed by atoms with Gasteiger partial charge in [0.2, 0.25) is 0 Å². The average Bonchev–Trinajstić information content (AvgIpc) is 2.37. The number of carboxylic acids is 1. The van der Waals surface area contributed by atoms with Gasteiger partial charge in [0.15, 0.2) is 11.6 Å². The van der Waals surface area contributed by atoms with Crippen LogP contribution in [-0.4, -0.2) is 36.7 Å². The summed E-state index contributed by atoms with van der Waals surface area (Å²) < 4.78 is 18.3. The van der Waals surface area contributed by atoms with Crippen LogP contribution in [0, 0.1) is 21.8 Å². The first-order valence-corrected chi connectivity index (χ1v) is 5.73. The van der Waals surface area contributed by atoms with Gasteiger partial charge in [0.25, 0.3) is 5.69 Å². The highest BCUT2D eigenvalue weighted by atomic mass is 19.1. The molecule has 0 aliphatic carbocycles. The maximum Gasteiger partial charge on any atom is 0.308 e. The highest BCUT2D eigenvalue weighted by molar-refractivity contribution is 5.72. The smallest absolute Gasteiger partial charge is 0.308 e. The van der Waals surface area contributed by atoms with Gasteiger partial charge in [-0.05, 0) is 0 Å². The van der Waals surface area contributed by atoms with Crippen molar-refractivity contribution in [3.05, 3.63) is 28.1 Å². The lowest BCUT2D eigenvalue weighted by molar-refractivity contribution is -0.384. The van der Waals surface area contributed by atoms with Crippen molar-refractivity contribution in [2.45, 2.75) is 6.92 Å². The molecule has 8 heteroatoms. The number of nitro benzene ring substituents is 1. The summed E-state index contributed by atoms with van der Waals surface area (Å²) in [4.78, 5) is 22.4. The Hall–Kier alpha value is -2.38. The summed E-state index contributed by atoms with van der Waals surface area (Å²) in [6.07, 6.45) is 0. The molecular formula is C12H15FN2O5. The fourth-order valence-corrected chi connectivity index (χ4v) is 1.73. The molecule has 1 atom stereocenters. The van der Waals surface area contributed by atoms with E-state index in [2.05, 4.69) is 0 Å². The van der Waals surface area contributed by atoms with Crippen LogP contribution in [0.15, 0.2) is 12.1 Å². The zero-order valence-corrected chi connectivity index (χ0v) is 11.3. The molecule has 0 aliphatic heterocycles. The number of nitro groups is 1. The Morgan fingerprint density at radius 3 is 2.65 bits per heavy atom. The fraction of sp³-hybridized carbons (Fsp3) is 0.417. The minimum absolute atomic E-state index is 0.0466. The summed E-state index contributed by atoms with van der Waals surface area (Å²) in [5, 5.41) is 19.8. The molecule has 0 aliphatic rings. The predicted octanol–water partition coefficient (Wildman–Crippen LogP) is 1.90. The lowest BCUT2D eigenvalue weighted by Gasteiger charge is -2.21.